The first-order chi connectivity index (χ1) is 17.6. The highest BCUT2D eigenvalue weighted by molar-refractivity contribution is 14.1. The fourth-order valence-corrected chi connectivity index (χ4v) is 5.05. The van der Waals surface area contributed by atoms with Crippen molar-refractivity contribution in [2.24, 2.45) is 5.10 Å². The number of halogens is 2. The number of phenolic OH excluding ortho intramolecular Hbond substituents is 1. The van der Waals surface area contributed by atoms with E-state index >= 15 is 0 Å². The molecule has 0 spiro atoms. The van der Waals surface area contributed by atoms with Gasteiger partial charge in [0.2, 0.25) is 0 Å². The first kappa shape index (κ1) is 28.5. The maximum Gasteiger partial charge on any atom is 0.337 e. The number of rotatable bonds is 10. The average Bonchev–Trinajstić information content (AvgIpc) is 2.85. The molecule has 1 aliphatic heterocycles. The summed E-state index contributed by atoms with van der Waals surface area (Å²) in [4.78, 5) is 24.4. The Bertz CT molecular complexity index is 1240. The van der Waals surface area contributed by atoms with Gasteiger partial charge >= 0.3 is 12.0 Å². The number of aliphatic hydroxyl groups excluding tert-OH is 1. The van der Waals surface area contributed by atoms with Crippen molar-refractivity contribution >= 4 is 56.7 Å². The van der Waals surface area contributed by atoms with E-state index in [4.69, 9.17) is 14.2 Å². The molecule has 2 aromatic rings. The number of esters is 1. The van der Waals surface area contributed by atoms with Gasteiger partial charge in [-0.25, -0.2) is 9.59 Å². The third-order valence-corrected chi connectivity index (χ3v) is 6.44. The summed E-state index contributed by atoms with van der Waals surface area (Å²) in [5.41, 5.74) is 4.24. The van der Waals surface area contributed by atoms with Crippen molar-refractivity contribution in [2.45, 2.75) is 26.1 Å². The number of nitrogens with zero attached hydrogens (tertiary/aromatic N) is 1. The van der Waals surface area contributed by atoms with Crippen molar-refractivity contribution in [3.05, 3.63) is 60.8 Å². The standard InChI is InChI=1S/C24H26BrIN4O7/c1-4-36-18-8-13(21-20(23(33)35-3)12(2)28-24(34)29-21)5-6-17(18)37-11-19(31)30-27-10-14-7-15(25)9-16(26)22(14)32/h5-10,19,21,30-32H,4,11H2,1-3H3,(H2,28,29,34)/b27-10+/t19-,21-/m0/s1. The second-order valence-corrected chi connectivity index (χ2v) is 9.82. The van der Waals surface area contributed by atoms with Crippen molar-refractivity contribution in [3.8, 4) is 17.2 Å². The Balaban J connectivity index is 1.72. The predicted octanol–water partition coefficient (Wildman–Crippen LogP) is 3.28. The lowest BCUT2D eigenvalue weighted by Crippen LogP contribution is -2.45. The fourth-order valence-electron chi connectivity index (χ4n) is 3.50. The zero-order chi connectivity index (χ0) is 27.1. The quantitative estimate of drug-likeness (QED) is 0.0840. The maximum atomic E-state index is 12.4. The minimum absolute atomic E-state index is 0.0758. The molecule has 198 valence electrons. The van der Waals surface area contributed by atoms with Gasteiger partial charge in [0.25, 0.3) is 0 Å². The van der Waals surface area contributed by atoms with Crippen LogP contribution in [0.15, 0.2) is 51.2 Å². The Kier molecular flexibility index (Phi) is 10.00. The normalized spacial score (nSPS) is 16.2. The van der Waals surface area contributed by atoms with E-state index in [-0.39, 0.29) is 17.9 Å². The third kappa shape index (κ3) is 7.26. The van der Waals surface area contributed by atoms with Crippen LogP contribution in [0, 0.1) is 3.57 Å². The van der Waals surface area contributed by atoms with Crippen LogP contribution in [0.1, 0.15) is 31.0 Å². The summed E-state index contributed by atoms with van der Waals surface area (Å²) < 4.78 is 17.7. The average molecular weight is 689 g/mol. The third-order valence-electron chi connectivity index (χ3n) is 5.16. The van der Waals surface area contributed by atoms with E-state index < -0.39 is 24.3 Å². The smallest absolute Gasteiger partial charge is 0.337 e. The Labute approximate surface area is 235 Å². The molecule has 0 radical (unpaired) electrons. The Hall–Kier alpha value is -3.04. The number of allylic oxidation sites excluding steroid dienone is 1. The zero-order valence-electron chi connectivity index (χ0n) is 20.2. The van der Waals surface area contributed by atoms with Crippen LogP contribution in [-0.2, 0) is 9.53 Å². The monoisotopic (exact) mass is 688 g/mol. The molecule has 0 bridgehead atoms. The van der Waals surface area contributed by atoms with Crippen molar-refractivity contribution < 1.29 is 34.0 Å². The van der Waals surface area contributed by atoms with Gasteiger partial charge in [-0.15, -0.1) is 0 Å². The number of aromatic hydroxyl groups is 1. The molecule has 3 rings (SSSR count). The number of hydrogen-bond donors (Lipinski definition) is 5. The van der Waals surface area contributed by atoms with Crippen molar-refractivity contribution in [1.82, 2.24) is 16.1 Å². The Morgan fingerprint density at radius 2 is 2.05 bits per heavy atom. The molecule has 0 unspecified atom stereocenters. The van der Waals surface area contributed by atoms with E-state index in [9.17, 15) is 19.8 Å². The predicted molar refractivity (Wildman–Crippen MR) is 147 cm³/mol. The number of methoxy groups -OCH3 is 1. The van der Waals surface area contributed by atoms with Gasteiger partial charge < -0.3 is 35.1 Å². The molecule has 37 heavy (non-hydrogen) atoms. The highest BCUT2D eigenvalue weighted by atomic mass is 127. The van der Waals surface area contributed by atoms with Crippen molar-refractivity contribution in [2.75, 3.05) is 20.3 Å². The number of benzene rings is 2. The van der Waals surface area contributed by atoms with Crippen molar-refractivity contribution in [3.63, 3.8) is 0 Å². The minimum Gasteiger partial charge on any atom is -0.506 e. The first-order valence-electron chi connectivity index (χ1n) is 11.0. The second-order valence-electron chi connectivity index (χ2n) is 7.74. The van der Waals surface area contributed by atoms with Crippen LogP contribution in [0.5, 0.6) is 17.2 Å². The van der Waals surface area contributed by atoms with Crippen LogP contribution < -0.4 is 25.5 Å². The molecular weight excluding hydrogens is 663 g/mol. The molecular formula is C24H26BrIN4O7. The first-order valence-corrected chi connectivity index (χ1v) is 12.9. The highest BCUT2D eigenvalue weighted by Crippen LogP contribution is 2.35. The van der Waals surface area contributed by atoms with Gasteiger partial charge in [0, 0.05) is 15.7 Å². The Morgan fingerprint density at radius 1 is 1.30 bits per heavy atom. The zero-order valence-corrected chi connectivity index (χ0v) is 23.9. The molecule has 11 nitrogen and oxygen atoms in total. The topological polar surface area (TPSA) is 151 Å². The van der Waals surface area contributed by atoms with Gasteiger partial charge in [-0.3, -0.25) is 5.43 Å². The maximum absolute atomic E-state index is 12.4. The molecule has 0 saturated heterocycles. The summed E-state index contributed by atoms with van der Waals surface area (Å²) in [6, 6.07) is 7.20. The highest BCUT2D eigenvalue weighted by Gasteiger charge is 2.32. The van der Waals surface area contributed by atoms with Gasteiger partial charge in [0.05, 0.1) is 35.1 Å². The van der Waals surface area contributed by atoms with E-state index in [0.717, 1.165) is 4.47 Å². The molecule has 2 amide bonds. The van der Waals surface area contributed by atoms with Gasteiger partial charge in [0.1, 0.15) is 12.4 Å². The van der Waals surface area contributed by atoms with E-state index in [1.807, 2.05) is 22.6 Å². The largest absolute Gasteiger partial charge is 0.506 e. The van der Waals surface area contributed by atoms with Gasteiger partial charge in [-0.05, 0) is 66.3 Å². The number of carbonyl (C=O) groups excluding carboxylic acids is 2. The molecule has 1 heterocycles. The molecule has 0 fully saturated rings. The molecule has 13 heteroatoms. The van der Waals surface area contributed by atoms with E-state index in [1.54, 1.807) is 44.2 Å². The second kappa shape index (κ2) is 13.0. The SMILES string of the molecule is CCOc1cc([C@@H]2NC(=O)NC(C)=C2C(=O)OC)ccc1OC[C@H](O)N/N=C/c1cc(Br)cc(I)c1O. The van der Waals surface area contributed by atoms with Crippen LogP contribution in [0.4, 0.5) is 4.79 Å². The molecule has 0 aliphatic carbocycles. The summed E-state index contributed by atoms with van der Waals surface area (Å²) in [6.07, 6.45) is 0.215. The van der Waals surface area contributed by atoms with Crippen LogP contribution in [0.2, 0.25) is 0 Å². The van der Waals surface area contributed by atoms with Gasteiger partial charge in [-0.2, -0.15) is 5.10 Å². The van der Waals surface area contributed by atoms with Crippen LogP contribution >= 0.6 is 38.5 Å². The van der Waals surface area contributed by atoms with E-state index in [2.05, 4.69) is 37.1 Å². The number of carbonyl (C=O) groups is 2. The number of aliphatic hydroxyl groups is 1. The Morgan fingerprint density at radius 3 is 2.76 bits per heavy atom. The van der Waals surface area contributed by atoms with Gasteiger partial charge in [0.15, 0.2) is 17.7 Å². The molecule has 5 N–H and O–H groups in total. The lowest BCUT2D eigenvalue weighted by atomic mass is 9.95. The number of hydrogen-bond acceptors (Lipinski definition) is 9. The van der Waals surface area contributed by atoms with E-state index in [1.165, 1.54) is 13.3 Å². The van der Waals surface area contributed by atoms with Crippen LogP contribution in [0.25, 0.3) is 0 Å². The summed E-state index contributed by atoms with van der Waals surface area (Å²) in [7, 11) is 1.27. The van der Waals surface area contributed by atoms with E-state index in [0.29, 0.717) is 38.5 Å². The van der Waals surface area contributed by atoms with Crippen LogP contribution in [-0.4, -0.2) is 55.0 Å². The van der Waals surface area contributed by atoms with Crippen molar-refractivity contribution in [1.29, 1.82) is 0 Å². The molecule has 0 aromatic heterocycles. The number of hydrazone groups is 1. The summed E-state index contributed by atoms with van der Waals surface area (Å²) in [5, 5.41) is 29.6. The lowest BCUT2D eigenvalue weighted by molar-refractivity contribution is -0.136. The number of urea groups is 1. The molecule has 2 atom stereocenters. The minimum atomic E-state index is -1.17. The molecule has 2 aromatic carbocycles. The number of ether oxygens (including phenoxy) is 3. The summed E-state index contributed by atoms with van der Waals surface area (Å²) in [6.45, 7) is 3.58. The van der Waals surface area contributed by atoms with Gasteiger partial charge in [-0.1, -0.05) is 22.0 Å². The number of phenols is 1. The summed E-state index contributed by atoms with van der Waals surface area (Å²) >= 11 is 5.36. The summed E-state index contributed by atoms with van der Waals surface area (Å²) in [5.74, 6) is 0.204. The fraction of sp³-hybridized carbons (Fsp3) is 0.292. The number of amides is 2. The number of nitrogens with one attached hydrogen (secondary N) is 3. The molecule has 1 aliphatic rings. The lowest BCUT2D eigenvalue weighted by Gasteiger charge is -2.28. The van der Waals surface area contributed by atoms with Crippen LogP contribution in [0.3, 0.4) is 0 Å². The molecule has 0 saturated carbocycles.